The number of fused-ring (bicyclic) bond motifs is 5. The smallest absolute Gasteiger partial charge is 0.115 e. The molecule has 0 heterocycles. The number of hydrogen-bond donors (Lipinski definition) is 2. The van der Waals surface area contributed by atoms with Gasteiger partial charge in [-0.1, -0.05) is 25.1 Å². The number of aryl methyl sites for hydroxylation is 1. The Morgan fingerprint density at radius 3 is 2.90 bits per heavy atom. The molecule has 5 atom stereocenters. The fraction of sp³-hybridized carbons (Fsp3) is 0.556. The zero-order valence-corrected chi connectivity index (χ0v) is 11.9. The van der Waals surface area contributed by atoms with E-state index in [-0.39, 0.29) is 11.5 Å². The van der Waals surface area contributed by atoms with Gasteiger partial charge in [-0.2, -0.15) is 0 Å². The van der Waals surface area contributed by atoms with Gasteiger partial charge in [0.2, 0.25) is 0 Å². The maximum absolute atomic E-state index is 10.3. The molecule has 1 saturated carbocycles. The Morgan fingerprint density at radius 1 is 1.20 bits per heavy atom. The van der Waals surface area contributed by atoms with Crippen LogP contribution in [0.5, 0.6) is 5.75 Å². The molecule has 1 fully saturated rings. The van der Waals surface area contributed by atoms with Gasteiger partial charge in [-0.15, -0.1) is 0 Å². The number of aliphatic hydroxyl groups excluding tert-OH is 1. The molecule has 0 radical (unpaired) electrons. The van der Waals surface area contributed by atoms with Crippen LogP contribution in [0.3, 0.4) is 0 Å². The van der Waals surface area contributed by atoms with Gasteiger partial charge in [0.1, 0.15) is 5.75 Å². The Kier molecular flexibility index (Phi) is 2.56. The summed E-state index contributed by atoms with van der Waals surface area (Å²) in [6.07, 6.45) is 8.50. The molecule has 1 aromatic carbocycles. The average Bonchev–Trinajstić information content (AvgIpc) is 2.74. The third kappa shape index (κ3) is 1.54. The Morgan fingerprint density at radius 2 is 2.05 bits per heavy atom. The summed E-state index contributed by atoms with van der Waals surface area (Å²) in [6, 6.07) is 5.90. The second kappa shape index (κ2) is 4.11. The topological polar surface area (TPSA) is 40.5 Å². The number of allylic oxidation sites excluding steroid dienone is 1. The molecular formula is C18H22O2. The maximum atomic E-state index is 10.3. The van der Waals surface area contributed by atoms with Crippen LogP contribution in [-0.2, 0) is 6.42 Å². The lowest BCUT2D eigenvalue weighted by Crippen LogP contribution is -2.44. The Labute approximate surface area is 120 Å². The molecule has 20 heavy (non-hydrogen) atoms. The van der Waals surface area contributed by atoms with Gasteiger partial charge >= 0.3 is 0 Å². The van der Waals surface area contributed by atoms with E-state index in [9.17, 15) is 10.2 Å². The number of benzene rings is 1. The fourth-order valence-corrected chi connectivity index (χ4v) is 5.00. The molecule has 106 valence electrons. The zero-order valence-electron chi connectivity index (χ0n) is 11.9. The van der Waals surface area contributed by atoms with Crippen molar-refractivity contribution in [3.63, 3.8) is 0 Å². The van der Waals surface area contributed by atoms with Crippen LogP contribution in [0.1, 0.15) is 43.2 Å². The normalized spacial score (nSPS) is 41.9. The first-order valence-electron chi connectivity index (χ1n) is 7.78. The Bertz CT molecular complexity index is 577. The van der Waals surface area contributed by atoms with Gasteiger partial charge in [-0.25, -0.2) is 0 Å². The number of hydrogen-bond acceptors (Lipinski definition) is 2. The highest BCUT2D eigenvalue weighted by Crippen LogP contribution is 2.58. The van der Waals surface area contributed by atoms with Gasteiger partial charge in [0.25, 0.3) is 0 Å². The van der Waals surface area contributed by atoms with E-state index in [0.717, 1.165) is 19.3 Å². The number of phenolic OH excluding ortho intramolecular Hbond substituents is 1. The summed E-state index contributed by atoms with van der Waals surface area (Å²) >= 11 is 0. The molecule has 1 aromatic rings. The van der Waals surface area contributed by atoms with Gasteiger partial charge in [-0.3, -0.25) is 0 Å². The van der Waals surface area contributed by atoms with Gasteiger partial charge in [0, 0.05) is 5.41 Å². The van der Waals surface area contributed by atoms with Crippen LogP contribution in [0.4, 0.5) is 0 Å². The molecule has 4 rings (SSSR count). The number of rotatable bonds is 0. The summed E-state index contributed by atoms with van der Waals surface area (Å²) in [6.45, 7) is 2.25. The van der Waals surface area contributed by atoms with Gasteiger partial charge in [-0.05, 0) is 66.7 Å². The maximum Gasteiger partial charge on any atom is 0.115 e. The van der Waals surface area contributed by atoms with Crippen molar-refractivity contribution < 1.29 is 10.2 Å². The highest BCUT2D eigenvalue weighted by atomic mass is 16.3. The van der Waals surface area contributed by atoms with Crippen molar-refractivity contribution in [2.75, 3.05) is 0 Å². The van der Waals surface area contributed by atoms with Crippen LogP contribution in [0, 0.1) is 17.3 Å². The molecule has 2 nitrogen and oxygen atoms in total. The van der Waals surface area contributed by atoms with Gasteiger partial charge in [0.05, 0.1) is 6.10 Å². The van der Waals surface area contributed by atoms with E-state index in [1.807, 2.05) is 18.2 Å². The average molecular weight is 270 g/mol. The van der Waals surface area contributed by atoms with Crippen LogP contribution in [-0.4, -0.2) is 16.3 Å². The zero-order chi connectivity index (χ0) is 13.9. The van der Waals surface area contributed by atoms with E-state index in [0.29, 0.717) is 23.5 Å². The first-order chi connectivity index (χ1) is 9.59. The molecular weight excluding hydrogens is 248 g/mol. The number of phenols is 1. The van der Waals surface area contributed by atoms with E-state index in [2.05, 4.69) is 19.1 Å². The predicted octanol–water partition coefficient (Wildman–Crippen LogP) is 3.39. The fourth-order valence-electron chi connectivity index (χ4n) is 5.00. The van der Waals surface area contributed by atoms with E-state index < -0.39 is 0 Å². The van der Waals surface area contributed by atoms with Gasteiger partial charge in [0.15, 0.2) is 0 Å². The SMILES string of the molecule is CC12CCC3c4ccc(O)cc4CCC3C1C=CC2O. The summed E-state index contributed by atoms with van der Waals surface area (Å²) in [5, 5.41) is 20.0. The monoisotopic (exact) mass is 270 g/mol. The number of aliphatic hydroxyl groups is 1. The quantitative estimate of drug-likeness (QED) is 0.709. The molecule has 2 N–H and O–H groups in total. The summed E-state index contributed by atoms with van der Waals surface area (Å²) < 4.78 is 0. The van der Waals surface area contributed by atoms with Crippen molar-refractivity contribution in [1.29, 1.82) is 0 Å². The van der Waals surface area contributed by atoms with Crippen LogP contribution < -0.4 is 0 Å². The van der Waals surface area contributed by atoms with Crippen LogP contribution in [0.15, 0.2) is 30.4 Å². The third-order valence-electron chi connectivity index (χ3n) is 6.18. The van der Waals surface area contributed by atoms with Crippen LogP contribution in [0.25, 0.3) is 0 Å². The largest absolute Gasteiger partial charge is 0.508 e. The summed E-state index contributed by atoms with van der Waals surface area (Å²) in [5.41, 5.74) is 2.82. The van der Waals surface area contributed by atoms with Crippen molar-refractivity contribution in [3.8, 4) is 5.75 Å². The molecule has 3 aliphatic rings. The van der Waals surface area contributed by atoms with Crippen molar-refractivity contribution in [1.82, 2.24) is 0 Å². The standard InChI is InChI=1S/C18H22O2/c1-18-9-8-14-13-5-3-12(19)10-11(13)2-4-15(14)16(18)6-7-17(18)20/h3,5-7,10,14-17,19-20H,2,4,8-9H2,1H3. The third-order valence-corrected chi connectivity index (χ3v) is 6.18. The van der Waals surface area contributed by atoms with E-state index in [4.69, 9.17) is 0 Å². The lowest BCUT2D eigenvalue weighted by molar-refractivity contribution is -0.0101. The number of aromatic hydroxyl groups is 1. The van der Waals surface area contributed by atoms with Crippen molar-refractivity contribution in [2.24, 2.45) is 17.3 Å². The van der Waals surface area contributed by atoms with Crippen molar-refractivity contribution in [2.45, 2.75) is 44.6 Å². The molecule has 0 spiro atoms. The second-order valence-electron chi connectivity index (χ2n) is 7.09. The predicted molar refractivity (Wildman–Crippen MR) is 78.6 cm³/mol. The van der Waals surface area contributed by atoms with Crippen molar-refractivity contribution in [3.05, 3.63) is 41.5 Å². The molecule has 0 aromatic heterocycles. The highest BCUT2D eigenvalue weighted by molar-refractivity contribution is 5.40. The van der Waals surface area contributed by atoms with Crippen molar-refractivity contribution >= 4 is 0 Å². The molecule has 0 aliphatic heterocycles. The summed E-state index contributed by atoms with van der Waals surface area (Å²) in [4.78, 5) is 0. The minimum absolute atomic E-state index is 0.0512. The van der Waals surface area contributed by atoms with E-state index in [1.165, 1.54) is 17.5 Å². The summed E-state index contributed by atoms with van der Waals surface area (Å²) in [5.74, 6) is 2.16. The molecule has 2 heteroatoms. The van der Waals surface area contributed by atoms with Crippen LogP contribution >= 0.6 is 0 Å². The minimum atomic E-state index is -0.269. The first kappa shape index (κ1) is 12.5. The van der Waals surface area contributed by atoms with Gasteiger partial charge < -0.3 is 10.2 Å². The van der Waals surface area contributed by atoms with E-state index in [1.54, 1.807) is 0 Å². The Hall–Kier alpha value is -1.28. The second-order valence-corrected chi connectivity index (χ2v) is 7.09. The lowest BCUT2D eigenvalue weighted by atomic mass is 9.55. The highest BCUT2D eigenvalue weighted by Gasteiger charge is 2.52. The molecule has 0 saturated heterocycles. The molecule has 3 aliphatic carbocycles. The Balaban J connectivity index is 1.73. The minimum Gasteiger partial charge on any atom is -0.508 e. The first-order valence-corrected chi connectivity index (χ1v) is 7.78. The lowest BCUT2D eigenvalue weighted by Gasteiger charge is -2.50. The molecule has 0 amide bonds. The molecule has 0 bridgehead atoms. The van der Waals surface area contributed by atoms with E-state index >= 15 is 0 Å². The van der Waals surface area contributed by atoms with Crippen LogP contribution in [0.2, 0.25) is 0 Å². The molecule has 5 unspecified atom stereocenters. The summed E-state index contributed by atoms with van der Waals surface area (Å²) in [7, 11) is 0.